The summed E-state index contributed by atoms with van der Waals surface area (Å²) in [7, 11) is 0. The Labute approximate surface area is 241 Å². The first-order valence-corrected chi connectivity index (χ1v) is 13.8. The van der Waals surface area contributed by atoms with Gasteiger partial charge in [0, 0.05) is 49.3 Å². The van der Waals surface area contributed by atoms with Gasteiger partial charge in [-0.3, -0.25) is 14.5 Å². The molecule has 3 aliphatic heterocycles. The average Bonchev–Trinajstić information content (AvgIpc) is 2.95. The number of carbonyl (C=O) groups excluding carboxylic acids is 2. The van der Waals surface area contributed by atoms with Crippen molar-refractivity contribution in [2.75, 3.05) is 56.2 Å². The number of anilines is 3. The lowest BCUT2D eigenvalue weighted by molar-refractivity contribution is -0.154. The molecule has 1 atom stereocenters. The summed E-state index contributed by atoms with van der Waals surface area (Å²) < 4.78 is 38.6. The highest BCUT2D eigenvalue weighted by molar-refractivity contribution is 5.97. The lowest BCUT2D eigenvalue weighted by Crippen LogP contribution is -2.56. The van der Waals surface area contributed by atoms with Gasteiger partial charge >= 0.3 is 5.92 Å². The molecule has 3 fully saturated rings. The van der Waals surface area contributed by atoms with Gasteiger partial charge < -0.3 is 30.7 Å². The van der Waals surface area contributed by atoms with E-state index >= 15 is 0 Å². The third-order valence-electron chi connectivity index (χ3n) is 7.71. The number of halogens is 2. The van der Waals surface area contributed by atoms with Gasteiger partial charge in [-0.2, -0.15) is 8.78 Å². The Morgan fingerprint density at radius 2 is 1.86 bits per heavy atom. The molecule has 3 saturated heterocycles. The van der Waals surface area contributed by atoms with Crippen molar-refractivity contribution in [1.29, 1.82) is 0 Å². The van der Waals surface area contributed by atoms with E-state index in [0.29, 0.717) is 23.2 Å². The number of aromatic nitrogens is 2. The van der Waals surface area contributed by atoms with Crippen LogP contribution in [0.15, 0.2) is 54.7 Å². The molecule has 4 N–H and O–H groups in total. The predicted molar refractivity (Wildman–Crippen MR) is 151 cm³/mol. The Morgan fingerprint density at radius 1 is 1.10 bits per heavy atom. The molecule has 13 heteroatoms. The number of nitrogens with one attached hydrogen (secondary N) is 2. The zero-order valence-corrected chi connectivity index (χ0v) is 22.8. The number of piperazine rings is 1. The number of hydrogen-bond acceptors (Lipinski definition) is 9. The molecule has 0 bridgehead atoms. The molecule has 42 heavy (non-hydrogen) atoms. The van der Waals surface area contributed by atoms with Crippen molar-refractivity contribution >= 4 is 29.0 Å². The summed E-state index contributed by atoms with van der Waals surface area (Å²) in [6.45, 7) is 5.55. The topological polar surface area (TPSA) is 135 Å². The summed E-state index contributed by atoms with van der Waals surface area (Å²) >= 11 is 0. The number of benzene rings is 2. The molecule has 0 saturated carbocycles. The van der Waals surface area contributed by atoms with E-state index in [1.165, 1.54) is 12.1 Å². The van der Waals surface area contributed by atoms with Crippen LogP contribution in [-0.2, 0) is 9.53 Å². The molecule has 3 aromatic rings. The summed E-state index contributed by atoms with van der Waals surface area (Å²) in [5, 5.41) is 5.40. The minimum Gasteiger partial charge on any atom is -0.488 e. The number of piperidine rings is 1. The lowest BCUT2D eigenvalue weighted by atomic mass is 10.0. The molecule has 6 rings (SSSR count). The average molecular weight is 580 g/mol. The number of alkyl halides is 2. The number of amides is 2. The summed E-state index contributed by atoms with van der Waals surface area (Å²) in [6, 6.07) is 15.0. The summed E-state index contributed by atoms with van der Waals surface area (Å²) in [6.07, 6.45) is -0.236. The van der Waals surface area contributed by atoms with Crippen LogP contribution >= 0.6 is 0 Å². The second-order valence-electron chi connectivity index (χ2n) is 10.6. The highest BCUT2D eigenvalue weighted by atomic mass is 19.3. The first-order chi connectivity index (χ1) is 20.2. The van der Waals surface area contributed by atoms with Crippen molar-refractivity contribution in [3.8, 4) is 17.1 Å². The van der Waals surface area contributed by atoms with Crippen molar-refractivity contribution in [3.63, 3.8) is 0 Å². The molecule has 0 spiro atoms. The first-order valence-electron chi connectivity index (χ1n) is 13.8. The molecule has 2 aromatic carbocycles. The van der Waals surface area contributed by atoms with E-state index in [4.69, 9.17) is 15.2 Å². The van der Waals surface area contributed by atoms with Crippen LogP contribution in [-0.4, -0.2) is 90.7 Å². The van der Waals surface area contributed by atoms with E-state index in [-0.39, 0.29) is 17.9 Å². The molecule has 3 aliphatic rings. The lowest BCUT2D eigenvalue weighted by Gasteiger charge is -2.43. The molecule has 0 aliphatic carbocycles. The molecule has 1 unspecified atom stereocenters. The predicted octanol–water partition coefficient (Wildman–Crippen LogP) is 2.41. The number of carbonyl (C=O) groups is 2. The van der Waals surface area contributed by atoms with Crippen LogP contribution in [0, 0.1) is 0 Å². The van der Waals surface area contributed by atoms with Crippen LogP contribution in [0.25, 0.3) is 11.4 Å². The van der Waals surface area contributed by atoms with Crippen LogP contribution in [0.4, 0.5) is 26.0 Å². The summed E-state index contributed by atoms with van der Waals surface area (Å²) in [4.78, 5) is 37.3. The zero-order chi connectivity index (χ0) is 29.3. The quantitative estimate of drug-likeness (QED) is 0.368. The van der Waals surface area contributed by atoms with Crippen LogP contribution in [0.5, 0.6) is 5.75 Å². The van der Waals surface area contributed by atoms with Gasteiger partial charge in [0.1, 0.15) is 17.7 Å². The second kappa shape index (κ2) is 11.5. The zero-order valence-electron chi connectivity index (χ0n) is 22.8. The monoisotopic (exact) mass is 579 g/mol. The number of nitrogens with zero attached hydrogens (tertiary/aromatic N) is 4. The van der Waals surface area contributed by atoms with Gasteiger partial charge in [-0.1, -0.05) is 0 Å². The molecule has 11 nitrogen and oxygen atoms in total. The van der Waals surface area contributed by atoms with Crippen LogP contribution in [0.3, 0.4) is 0 Å². The van der Waals surface area contributed by atoms with E-state index in [1.54, 1.807) is 18.3 Å². The molecule has 1 aromatic heterocycles. The number of nitrogens with two attached hydrogens (primary N) is 1. The maximum Gasteiger partial charge on any atom is 0.328 e. The van der Waals surface area contributed by atoms with Gasteiger partial charge in [0.2, 0.25) is 0 Å². The highest BCUT2D eigenvalue weighted by Gasteiger charge is 2.45. The second-order valence-corrected chi connectivity index (χ2v) is 10.6. The Morgan fingerprint density at radius 3 is 2.52 bits per heavy atom. The maximum absolute atomic E-state index is 13.8. The minimum absolute atomic E-state index is 0.00730. The van der Waals surface area contributed by atoms with Crippen LogP contribution < -0.4 is 26.0 Å². The van der Waals surface area contributed by atoms with Crippen LogP contribution in [0.2, 0.25) is 0 Å². The van der Waals surface area contributed by atoms with Gasteiger partial charge in [-0.15, -0.1) is 0 Å². The fraction of sp³-hybridized carbons (Fsp3) is 0.379. The van der Waals surface area contributed by atoms with E-state index < -0.39 is 30.3 Å². The molecule has 2 amide bonds. The Balaban J connectivity index is 1.11. The number of primary amides is 1. The van der Waals surface area contributed by atoms with Crippen molar-refractivity contribution in [3.05, 3.63) is 60.3 Å². The molecular weight excluding hydrogens is 548 g/mol. The first kappa shape index (κ1) is 27.8. The largest absolute Gasteiger partial charge is 0.488 e. The molecule has 4 heterocycles. The fourth-order valence-electron chi connectivity index (χ4n) is 5.26. The fourth-order valence-corrected chi connectivity index (χ4v) is 5.26. The van der Waals surface area contributed by atoms with Crippen molar-refractivity contribution in [1.82, 2.24) is 20.2 Å². The van der Waals surface area contributed by atoms with Crippen molar-refractivity contribution in [2.24, 2.45) is 5.73 Å². The third kappa shape index (κ3) is 5.97. The standard InChI is InChI=1S/C29H31F2N7O4/c30-29(31)14-22(15-34-28(29)40)42-24-6-1-18(13-23(24)26(32)39)27-33-8-7-25(36-27)35-19-2-4-20(5-3-19)37-9-11-38(12-10-37)21-16-41-17-21/h1-8,13,21-22H,9-12,14-17H2,(H2,32,39)(H,34,40)(H,33,35,36). The summed E-state index contributed by atoms with van der Waals surface area (Å²) in [5.74, 6) is -4.79. The number of hydrogen-bond donors (Lipinski definition) is 3. The van der Waals surface area contributed by atoms with Crippen molar-refractivity contribution in [2.45, 2.75) is 24.5 Å². The molecular formula is C29H31F2N7O4. The van der Waals surface area contributed by atoms with Gasteiger partial charge in [-0.05, 0) is 48.5 Å². The molecule has 0 radical (unpaired) electrons. The number of rotatable bonds is 8. The van der Waals surface area contributed by atoms with Crippen LogP contribution in [0.1, 0.15) is 16.8 Å². The highest BCUT2D eigenvalue weighted by Crippen LogP contribution is 2.31. The normalized spacial score (nSPS) is 20.9. The van der Waals surface area contributed by atoms with Gasteiger partial charge in [0.05, 0.1) is 37.8 Å². The Bertz CT molecular complexity index is 1460. The van der Waals surface area contributed by atoms with Gasteiger partial charge in [-0.25, -0.2) is 9.97 Å². The van der Waals surface area contributed by atoms with Gasteiger partial charge in [0.25, 0.3) is 11.8 Å². The van der Waals surface area contributed by atoms with E-state index in [1.807, 2.05) is 12.1 Å². The van der Waals surface area contributed by atoms with E-state index in [0.717, 1.165) is 50.8 Å². The Hall–Kier alpha value is -4.36. The summed E-state index contributed by atoms with van der Waals surface area (Å²) in [5.41, 5.74) is 8.07. The van der Waals surface area contributed by atoms with Crippen molar-refractivity contribution < 1.29 is 27.8 Å². The Kier molecular flexibility index (Phi) is 7.60. The third-order valence-corrected chi connectivity index (χ3v) is 7.71. The smallest absolute Gasteiger partial charge is 0.328 e. The number of ether oxygens (including phenoxy) is 2. The molecule has 220 valence electrons. The van der Waals surface area contributed by atoms with E-state index in [2.05, 4.69) is 42.5 Å². The van der Waals surface area contributed by atoms with E-state index in [9.17, 15) is 18.4 Å². The minimum atomic E-state index is -3.56. The van der Waals surface area contributed by atoms with Gasteiger partial charge in [0.15, 0.2) is 5.82 Å². The maximum atomic E-state index is 13.8. The SMILES string of the molecule is NC(=O)c1cc(-c2nccc(Nc3ccc(N4CCN(C5COC5)CC4)cc3)n2)ccc1OC1CNC(=O)C(F)(F)C1.